The number of ether oxygens (including phenoxy) is 2. The van der Waals surface area contributed by atoms with E-state index < -0.39 is 11.7 Å². The second-order valence-corrected chi connectivity index (χ2v) is 6.32. The van der Waals surface area contributed by atoms with Crippen LogP contribution in [0.25, 0.3) is 0 Å². The topological polar surface area (TPSA) is 47.6 Å². The van der Waals surface area contributed by atoms with E-state index in [1.165, 1.54) is 12.1 Å². The molecule has 0 saturated heterocycles. The molecule has 1 heterocycles. The molecule has 1 aliphatic rings. The third-order valence-corrected chi connectivity index (χ3v) is 4.36. The number of hydrogen-bond acceptors (Lipinski definition) is 3. The lowest BCUT2D eigenvalue weighted by Crippen LogP contribution is -2.34. The summed E-state index contributed by atoms with van der Waals surface area (Å²) in [5, 5.41) is 2.74. The monoisotopic (exact) mass is 363 g/mol. The molecular formula is C22H18FNO3. The van der Waals surface area contributed by atoms with Crippen molar-refractivity contribution in [1.29, 1.82) is 0 Å². The highest BCUT2D eigenvalue weighted by molar-refractivity contribution is 5.94. The Morgan fingerprint density at radius 3 is 2.63 bits per heavy atom. The summed E-state index contributed by atoms with van der Waals surface area (Å²) >= 11 is 0. The molecule has 4 nitrogen and oxygen atoms in total. The lowest BCUT2D eigenvalue weighted by Gasteiger charge is -2.12. The number of fused-ring (bicyclic) bond motifs is 1. The summed E-state index contributed by atoms with van der Waals surface area (Å²) < 4.78 is 25.4. The molecule has 1 amide bonds. The Hall–Kier alpha value is -3.34. The maximum Gasteiger partial charge on any atom is 0.254 e. The van der Waals surface area contributed by atoms with Crippen LogP contribution in [0.2, 0.25) is 0 Å². The standard InChI is InChI=1S/C22H18FNO3/c23-20-9-5-4-8-19(20)22(25)24-14-18-13-15-12-17(10-11-21(15)27-18)26-16-6-2-1-3-7-16/h1-12,18H,13-14H2,(H,24,25)/t18-/m0/s1. The minimum atomic E-state index is -0.534. The zero-order chi connectivity index (χ0) is 18.6. The summed E-state index contributed by atoms with van der Waals surface area (Å²) in [6.07, 6.45) is 0.460. The Balaban J connectivity index is 1.37. The maximum absolute atomic E-state index is 13.7. The van der Waals surface area contributed by atoms with E-state index in [2.05, 4.69) is 5.32 Å². The molecular weight excluding hydrogens is 345 g/mol. The molecule has 3 aromatic rings. The van der Waals surface area contributed by atoms with Crippen LogP contribution in [0.4, 0.5) is 4.39 Å². The second-order valence-electron chi connectivity index (χ2n) is 6.32. The molecule has 4 rings (SSSR count). The van der Waals surface area contributed by atoms with Gasteiger partial charge in [-0.1, -0.05) is 30.3 Å². The van der Waals surface area contributed by atoms with Gasteiger partial charge in [0.05, 0.1) is 12.1 Å². The second kappa shape index (κ2) is 7.50. The summed E-state index contributed by atoms with van der Waals surface area (Å²) in [5.41, 5.74) is 1.06. The molecule has 0 aliphatic carbocycles. The summed E-state index contributed by atoms with van der Waals surface area (Å²) in [4.78, 5) is 12.1. The normalized spacial score (nSPS) is 14.9. The quantitative estimate of drug-likeness (QED) is 0.733. The summed E-state index contributed by atoms with van der Waals surface area (Å²) in [5.74, 6) is 1.30. The van der Waals surface area contributed by atoms with Crippen LogP contribution in [0.3, 0.4) is 0 Å². The van der Waals surface area contributed by atoms with Gasteiger partial charge in [0.25, 0.3) is 5.91 Å². The van der Waals surface area contributed by atoms with Gasteiger partial charge in [-0.05, 0) is 42.5 Å². The highest BCUT2D eigenvalue weighted by atomic mass is 19.1. The van der Waals surface area contributed by atoms with Gasteiger partial charge < -0.3 is 14.8 Å². The number of rotatable bonds is 5. The van der Waals surface area contributed by atoms with Crippen molar-refractivity contribution in [3.8, 4) is 17.2 Å². The highest BCUT2D eigenvalue weighted by Gasteiger charge is 2.24. The van der Waals surface area contributed by atoms with Gasteiger partial charge in [-0.3, -0.25) is 4.79 Å². The van der Waals surface area contributed by atoms with Crippen molar-refractivity contribution in [2.75, 3.05) is 6.54 Å². The zero-order valence-electron chi connectivity index (χ0n) is 14.5. The Labute approximate surface area is 156 Å². The molecule has 27 heavy (non-hydrogen) atoms. The first-order valence-electron chi connectivity index (χ1n) is 8.74. The average molecular weight is 363 g/mol. The van der Waals surface area contributed by atoms with Gasteiger partial charge in [0.15, 0.2) is 0 Å². The maximum atomic E-state index is 13.7. The largest absolute Gasteiger partial charge is 0.488 e. The molecule has 1 N–H and O–H groups in total. The minimum Gasteiger partial charge on any atom is -0.488 e. The molecule has 0 unspecified atom stereocenters. The number of carbonyl (C=O) groups excluding carboxylic acids is 1. The fourth-order valence-electron chi connectivity index (χ4n) is 3.05. The molecule has 1 aliphatic heterocycles. The smallest absolute Gasteiger partial charge is 0.254 e. The number of amides is 1. The fraction of sp³-hybridized carbons (Fsp3) is 0.136. The van der Waals surface area contributed by atoms with E-state index >= 15 is 0 Å². The van der Waals surface area contributed by atoms with Gasteiger partial charge in [0.1, 0.15) is 29.2 Å². The predicted molar refractivity (Wildman–Crippen MR) is 99.8 cm³/mol. The van der Waals surface area contributed by atoms with Crippen molar-refractivity contribution in [2.24, 2.45) is 0 Å². The average Bonchev–Trinajstić information content (AvgIpc) is 3.09. The van der Waals surface area contributed by atoms with Crippen LogP contribution >= 0.6 is 0 Å². The number of hydrogen-bond donors (Lipinski definition) is 1. The Kier molecular flexibility index (Phi) is 4.75. The van der Waals surface area contributed by atoms with Crippen molar-refractivity contribution < 1.29 is 18.7 Å². The fourth-order valence-corrected chi connectivity index (χ4v) is 3.05. The number of carbonyl (C=O) groups is 1. The van der Waals surface area contributed by atoms with Crippen LogP contribution in [0.5, 0.6) is 17.2 Å². The molecule has 0 aromatic heterocycles. The van der Waals surface area contributed by atoms with Gasteiger partial charge in [-0.15, -0.1) is 0 Å². The molecule has 5 heteroatoms. The third-order valence-electron chi connectivity index (χ3n) is 4.36. The minimum absolute atomic E-state index is 0.0339. The molecule has 0 bridgehead atoms. The lowest BCUT2D eigenvalue weighted by atomic mass is 10.1. The zero-order valence-corrected chi connectivity index (χ0v) is 14.5. The van der Waals surface area contributed by atoms with Crippen molar-refractivity contribution >= 4 is 5.91 Å². The Morgan fingerprint density at radius 1 is 1.04 bits per heavy atom. The van der Waals surface area contributed by atoms with Crippen LogP contribution in [-0.4, -0.2) is 18.6 Å². The number of nitrogens with one attached hydrogen (secondary N) is 1. The van der Waals surface area contributed by atoms with Crippen LogP contribution in [0, 0.1) is 5.82 Å². The van der Waals surface area contributed by atoms with Gasteiger partial charge in [0, 0.05) is 12.0 Å². The van der Waals surface area contributed by atoms with Crippen LogP contribution < -0.4 is 14.8 Å². The highest BCUT2D eigenvalue weighted by Crippen LogP contribution is 2.33. The molecule has 1 atom stereocenters. The van der Waals surface area contributed by atoms with E-state index in [0.29, 0.717) is 13.0 Å². The first-order chi connectivity index (χ1) is 13.2. The number of halogens is 1. The number of para-hydroxylation sites is 1. The van der Waals surface area contributed by atoms with Gasteiger partial charge in [-0.2, -0.15) is 0 Å². The van der Waals surface area contributed by atoms with Gasteiger partial charge in [-0.25, -0.2) is 4.39 Å². The first-order valence-corrected chi connectivity index (χ1v) is 8.74. The van der Waals surface area contributed by atoms with Gasteiger partial charge >= 0.3 is 0 Å². The van der Waals surface area contributed by atoms with Crippen molar-refractivity contribution in [3.63, 3.8) is 0 Å². The van der Waals surface area contributed by atoms with E-state index in [0.717, 1.165) is 22.8 Å². The molecule has 0 saturated carbocycles. The van der Waals surface area contributed by atoms with E-state index in [9.17, 15) is 9.18 Å². The summed E-state index contributed by atoms with van der Waals surface area (Å²) in [6.45, 7) is 0.302. The molecule has 3 aromatic carbocycles. The third kappa shape index (κ3) is 3.92. The Bertz CT molecular complexity index is 959. The van der Waals surface area contributed by atoms with E-state index in [1.54, 1.807) is 12.1 Å². The molecule has 136 valence electrons. The number of benzene rings is 3. The molecule has 0 spiro atoms. The molecule has 0 fully saturated rings. The first kappa shape index (κ1) is 17.1. The predicted octanol–water partition coefficient (Wildman–Crippen LogP) is 4.35. The van der Waals surface area contributed by atoms with Crippen LogP contribution in [-0.2, 0) is 6.42 Å². The SMILES string of the molecule is O=C(NC[C@@H]1Cc2cc(Oc3ccccc3)ccc2O1)c1ccccc1F. The van der Waals surface area contributed by atoms with E-state index in [-0.39, 0.29) is 11.7 Å². The summed E-state index contributed by atoms with van der Waals surface area (Å²) in [6, 6.07) is 21.1. The van der Waals surface area contributed by atoms with Crippen LogP contribution in [0.1, 0.15) is 15.9 Å². The Morgan fingerprint density at radius 2 is 1.81 bits per heavy atom. The van der Waals surface area contributed by atoms with E-state index in [1.807, 2.05) is 48.5 Å². The van der Waals surface area contributed by atoms with Crippen molar-refractivity contribution in [1.82, 2.24) is 5.32 Å². The van der Waals surface area contributed by atoms with Crippen LogP contribution in [0.15, 0.2) is 72.8 Å². The van der Waals surface area contributed by atoms with Crippen molar-refractivity contribution in [3.05, 3.63) is 89.7 Å². The molecule has 0 radical (unpaired) electrons. The summed E-state index contributed by atoms with van der Waals surface area (Å²) in [7, 11) is 0. The lowest BCUT2D eigenvalue weighted by molar-refractivity contribution is 0.0929. The van der Waals surface area contributed by atoms with E-state index in [4.69, 9.17) is 9.47 Å². The van der Waals surface area contributed by atoms with Crippen molar-refractivity contribution in [2.45, 2.75) is 12.5 Å². The van der Waals surface area contributed by atoms with Gasteiger partial charge in [0.2, 0.25) is 0 Å².